The van der Waals surface area contributed by atoms with E-state index in [1.165, 1.54) is 0 Å². The van der Waals surface area contributed by atoms with E-state index in [0.717, 1.165) is 16.8 Å². The van der Waals surface area contributed by atoms with Crippen molar-refractivity contribution in [2.24, 2.45) is 0 Å². The number of anilines is 1. The van der Waals surface area contributed by atoms with E-state index >= 15 is 0 Å². The Morgan fingerprint density at radius 3 is 2.63 bits per heavy atom. The summed E-state index contributed by atoms with van der Waals surface area (Å²) in [5.41, 5.74) is 2.77. The molecule has 1 N–H and O–H groups in total. The van der Waals surface area contributed by atoms with Gasteiger partial charge in [0.15, 0.2) is 0 Å². The number of aromatic nitrogens is 2. The first-order chi connectivity index (χ1) is 13.0. The summed E-state index contributed by atoms with van der Waals surface area (Å²) in [5, 5.41) is 16.5. The van der Waals surface area contributed by atoms with Crippen molar-refractivity contribution < 1.29 is 9.53 Å². The van der Waals surface area contributed by atoms with Gasteiger partial charge in [0, 0.05) is 16.1 Å². The molecule has 0 radical (unpaired) electrons. The average molecular weight is 381 g/mol. The predicted molar refractivity (Wildman–Crippen MR) is 103 cm³/mol. The van der Waals surface area contributed by atoms with Crippen molar-refractivity contribution in [3.8, 4) is 11.8 Å². The fraction of sp³-hybridized carbons (Fsp3) is 0.150. The summed E-state index contributed by atoms with van der Waals surface area (Å²) in [5.74, 6) is 0.496. The number of ether oxygens (including phenoxy) is 1. The lowest BCUT2D eigenvalue weighted by Gasteiger charge is -2.16. The van der Waals surface area contributed by atoms with Crippen LogP contribution in [0.15, 0.2) is 54.7 Å². The molecule has 0 spiro atoms. The van der Waals surface area contributed by atoms with Crippen molar-refractivity contribution in [2.75, 3.05) is 5.32 Å². The summed E-state index contributed by atoms with van der Waals surface area (Å²) >= 11 is 6.15. The second kappa shape index (κ2) is 7.94. The van der Waals surface area contributed by atoms with Crippen LogP contribution < -0.4 is 5.32 Å². The van der Waals surface area contributed by atoms with Gasteiger partial charge in [0.1, 0.15) is 11.9 Å². The van der Waals surface area contributed by atoms with Crippen LogP contribution >= 0.6 is 11.6 Å². The van der Waals surface area contributed by atoms with E-state index < -0.39 is 12.2 Å². The maximum atomic E-state index is 12.4. The van der Waals surface area contributed by atoms with Gasteiger partial charge in [-0.05, 0) is 44.2 Å². The van der Waals surface area contributed by atoms with E-state index in [9.17, 15) is 4.79 Å². The monoisotopic (exact) mass is 380 g/mol. The summed E-state index contributed by atoms with van der Waals surface area (Å²) in [6.45, 7) is 3.59. The van der Waals surface area contributed by atoms with Gasteiger partial charge in [0.05, 0.1) is 23.5 Å². The first-order valence-corrected chi connectivity index (χ1v) is 8.64. The number of carbonyl (C=O) groups excluding carboxylic acids is 1. The van der Waals surface area contributed by atoms with Gasteiger partial charge in [-0.2, -0.15) is 10.4 Å². The molecule has 136 valence electrons. The first-order valence-electron chi connectivity index (χ1n) is 8.27. The molecule has 3 rings (SSSR count). The Kier molecular flexibility index (Phi) is 5.43. The summed E-state index contributed by atoms with van der Waals surface area (Å²) < 4.78 is 7.04. The molecule has 3 aromatic rings. The molecule has 1 heterocycles. The van der Waals surface area contributed by atoms with E-state index in [1.807, 2.05) is 25.1 Å². The summed E-state index contributed by atoms with van der Waals surface area (Å²) in [4.78, 5) is 12.4. The van der Waals surface area contributed by atoms with Gasteiger partial charge >= 0.3 is 6.09 Å². The number of nitrogens with zero attached hydrogens (tertiary/aromatic N) is 3. The highest BCUT2D eigenvalue weighted by Gasteiger charge is 2.17. The number of hydrogen-bond acceptors (Lipinski definition) is 4. The Morgan fingerprint density at radius 1 is 1.26 bits per heavy atom. The van der Waals surface area contributed by atoms with Crippen LogP contribution in [0.25, 0.3) is 5.69 Å². The average Bonchev–Trinajstić information content (AvgIpc) is 3.02. The van der Waals surface area contributed by atoms with Crippen LogP contribution in [0.2, 0.25) is 5.02 Å². The molecule has 1 amide bonds. The molecule has 0 fully saturated rings. The van der Waals surface area contributed by atoms with Crippen molar-refractivity contribution in [2.45, 2.75) is 20.0 Å². The van der Waals surface area contributed by atoms with E-state index in [-0.39, 0.29) is 0 Å². The molecule has 0 aliphatic heterocycles. The molecule has 0 aliphatic rings. The number of aryl methyl sites for hydroxylation is 1. The van der Waals surface area contributed by atoms with E-state index in [4.69, 9.17) is 21.6 Å². The van der Waals surface area contributed by atoms with E-state index in [0.29, 0.717) is 16.4 Å². The topological polar surface area (TPSA) is 79.9 Å². The summed E-state index contributed by atoms with van der Waals surface area (Å²) in [6.07, 6.45) is 0.525. The Morgan fingerprint density at radius 2 is 1.96 bits per heavy atom. The number of amides is 1. The molecular formula is C20H17ClN4O2. The molecule has 0 bridgehead atoms. The maximum absolute atomic E-state index is 12.4. The fourth-order valence-corrected chi connectivity index (χ4v) is 2.90. The first kappa shape index (κ1) is 18.5. The molecule has 27 heavy (non-hydrogen) atoms. The van der Waals surface area contributed by atoms with Gasteiger partial charge in [0.25, 0.3) is 0 Å². The van der Waals surface area contributed by atoms with Gasteiger partial charge in [-0.3, -0.25) is 5.32 Å². The van der Waals surface area contributed by atoms with Crippen LogP contribution in [-0.2, 0) is 4.74 Å². The predicted octanol–water partition coefficient (Wildman–Crippen LogP) is 5.02. The van der Waals surface area contributed by atoms with Crippen molar-refractivity contribution in [3.63, 3.8) is 0 Å². The highest BCUT2D eigenvalue weighted by molar-refractivity contribution is 6.31. The van der Waals surface area contributed by atoms with Gasteiger partial charge in [0.2, 0.25) is 0 Å². The minimum Gasteiger partial charge on any atom is -0.441 e. The van der Waals surface area contributed by atoms with Crippen molar-refractivity contribution in [1.82, 2.24) is 9.78 Å². The third-order valence-corrected chi connectivity index (χ3v) is 4.38. The molecule has 0 aliphatic carbocycles. The van der Waals surface area contributed by atoms with Crippen molar-refractivity contribution >= 4 is 23.5 Å². The highest BCUT2D eigenvalue weighted by atomic mass is 35.5. The molecule has 1 aromatic heterocycles. The minimum absolute atomic E-state index is 0.496. The van der Waals surface area contributed by atoms with E-state index in [1.54, 1.807) is 48.1 Å². The lowest BCUT2D eigenvalue weighted by molar-refractivity contribution is 0.121. The Balaban J connectivity index is 1.77. The number of halogens is 1. The van der Waals surface area contributed by atoms with Gasteiger partial charge in [-0.1, -0.05) is 29.8 Å². The number of carbonyl (C=O) groups is 1. The third-order valence-electron chi connectivity index (χ3n) is 4.04. The van der Waals surface area contributed by atoms with Gasteiger partial charge in [-0.15, -0.1) is 0 Å². The number of rotatable bonds is 4. The molecule has 0 saturated carbocycles. The van der Waals surface area contributed by atoms with Crippen LogP contribution in [0, 0.1) is 18.3 Å². The SMILES string of the molecule is Cc1cnn(-c2ccc(C#N)cc2)c1NC(=O)OC(C)c1ccccc1Cl. The molecular weight excluding hydrogens is 364 g/mol. The minimum atomic E-state index is -0.610. The van der Waals surface area contributed by atoms with Crippen LogP contribution in [0.1, 0.15) is 29.7 Å². The molecule has 1 unspecified atom stereocenters. The lowest BCUT2D eigenvalue weighted by atomic mass is 10.1. The van der Waals surface area contributed by atoms with Crippen LogP contribution in [0.3, 0.4) is 0 Å². The quantitative estimate of drug-likeness (QED) is 0.689. The Bertz CT molecular complexity index is 1010. The number of benzene rings is 2. The number of nitriles is 1. The molecule has 1 atom stereocenters. The smallest absolute Gasteiger partial charge is 0.413 e. The summed E-state index contributed by atoms with van der Waals surface area (Å²) in [7, 11) is 0. The largest absolute Gasteiger partial charge is 0.441 e. The standard InChI is InChI=1S/C20H17ClN4O2/c1-13-12-23-25(16-9-7-15(11-22)8-10-16)19(13)24-20(26)27-14(2)17-5-3-4-6-18(17)21/h3-10,12,14H,1-2H3,(H,24,26). The molecule has 7 heteroatoms. The number of hydrogen-bond donors (Lipinski definition) is 1. The zero-order chi connectivity index (χ0) is 19.4. The zero-order valence-corrected chi connectivity index (χ0v) is 15.6. The lowest BCUT2D eigenvalue weighted by Crippen LogP contribution is -2.19. The Labute approximate surface area is 161 Å². The van der Waals surface area contributed by atoms with E-state index in [2.05, 4.69) is 16.5 Å². The molecule has 6 nitrogen and oxygen atoms in total. The molecule has 0 saturated heterocycles. The van der Waals surface area contributed by atoms with Gasteiger partial charge in [-0.25, -0.2) is 9.48 Å². The van der Waals surface area contributed by atoms with Crippen molar-refractivity contribution in [1.29, 1.82) is 5.26 Å². The van der Waals surface area contributed by atoms with Gasteiger partial charge < -0.3 is 4.74 Å². The zero-order valence-electron chi connectivity index (χ0n) is 14.8. The van der Waals surface area contributed by atoms with Crippen LogP contribution in [-0.4, -0.2) is 15.9 Å². The van der Waals surface area contributed by atoms with Crippen molar-refractivity contribution in [3.05, 3.63) is 76.4 Å². The second-order valence-corrected chi connectivity index (χ2v) is 6.35. The normalized spacial score (nSPS) is 11.5. The second-order valence-electron chi connectivity index (χ2n) is 5.94. The Hall–Kier alpha value is -3.30. The van der Waals surface area contributed by atoms with Crippen LogP contribution in [0.4, 0.5) is 10.6 Å². The maximum Gasteiger partial charge on any atom is 0.413 e. The summed E-state index contributed by atoms with van der Waals surface area (Å²) in [6, 6.07) is 16.2. The fourth-order valence-electron chi connectivity index (χ4n) is 2.61. The molecule has 2 aromatic carbocycles. The highest BCUT2D eigenvalue weighted by Crippen LogP contribution is 2.26. The van der Waals surface area contributed by atoms with Crippen LogP contribution in [0.5, 0.6) is 0 Å². The third kappa shape index (κ3) is 4.10. The number of nitrogens with one attached hydrogen (secondary N) is 1.